The highest BCUT2D eigenvalue weighted by molar-refractivity contribution is 5.94. The lowest BCUT2D eigenvalue weighted by molar-refractivity contribution is -0.143. The Bertz CT molecular complexity index is 904. The van der Waals surface area contributed by atoms with Crippen molar-refractivity contribution in [3.8, 4) is 0 Å². The number of alkyl halides is 6. The lowest BCUT2D eigenvalue weighted by Gasteiger charge is -2.39. The maximum atomic E-state index is 13.2. The van der Waals surface area contributed by atoms with Gasteiger partial charge >= 0.3 is 12.4 Å². The molecule has 3 nitrogen and oxygen atoms in total. The first-order valence-corrected chi connectivity index (χ1v) is 9.72. The minimum atomic E-state index is -5.01. The van der Waals surface area contributed by atoms with Crippen molar-refractivity contribution < 1.29 is 31.1 Å². The number of amides is 1. The fourth-order valence-electron chi connectivity index (χ4n) is 3.89. The van der Waals surface area contributed by atoms with Crippen LogP contribution in [0.3, 0.4) is 0 Å². The minimum Gasteiger partial charge on any atom is -0.338 e. The zero-order chi connectivity index (χ0) is 23.0. The minimum absolute atomic E-state index is 0.0242. The predicted molar refractivity (Wildman–Crippen MR) is 104 cm³/mol. The zero-order valence-corrected chi connectivity index (χ0v) is 16.9. The highest BCUT2D eigenvalue weighted by atomic mass is 19.4. The first-order valence-electron chi connectivity index (χ1n) is 9.72. The Morgan fingerprint density at radius 3 is 2.03 bits per heavy atom. The molecule has 1 N–H and O–H groups in total. The molecule has 2 aromatic rings. The Morgan fingerprint density at radius 2 is 1.52 bits per heavy atom. The summed E-state index contributed by atoms with van der Waals surface area (Å²) >= 11 is 0. The van der Waals surface area contributed by atoms with Crippen molar-refractivity contribution >= 4 is 5.91 Å². The van der Waals surface area contributed by atoms with E-state index >= 15 is 0 Å². The van der Waals surface area contributed by atoms with Crippen LogP contribution in [0.25, 0.3) is 0 Å². The summed E-state index contributed by atoms with van der Waals surface area (Å²) in [6.07, 6.45) is -9.49. The van der Waals surface area contributed by atoms with E-state index in [0.29, 0.717) is 31.6 Å². The molecular weight excluding hydrogens is 422 g/mol. The summed E-state index contributed by atoms with van der Waals surface area (Å²) in [5.41, 5.74) is -1.63. The largest absolute Gasteiger partial charge is 0.416 e. The second-order valence-corrected chi connectivity index (χ2v) is 7.79. The molecule has 9 heteroatoms. The van der Waals surface area contributed by atoms with Crippen molar-refractivity contribution in [3.63, 3.8) is 0 Å². The molecule has 1 aliphatic heterocycles. The van der Waals surface area contributed by atoms with Gasteiger partial charge < -0.3 is 10.2 Å². The summed E-state index contributed by atoms with van der Waals surface area (Å²) in [5, 5.41) is 3.23. The maximum Gasteiger partial charge on any atom is 0.416 e. The maximum absolute atomic E-state index is 13.2. The van der Waals surface area contributed by atoms with Gasteiger partial charge in [-0.25, -0.2) is 0 Å². The van der Waals surface area contributed by atoms with Gasteiger partial charge in [0.1, 0.15) is 0 Å². The van der Waals surface area contributed by atoms with Gasteiger partial charge in [-0.05, 0) is 43.7 Å². The molecule has 1 fully saturated rings. The number of likely N-dealkylation sites (N-methyl/N-ethyl adjacent to an activating group) is 1. The Balaban J connectivity index is 1.96. The molecule has 1 saturated heterocycles. The van der Waals surface area contributed by atoms with Gasteiger partial charge in [0, 0.05) is 31.1 Å². The molecule has 168 valence electrons. The number of rotatable bonds is 3. The number of nitrogens with one attached hydrogen (secondary N) is 1. The van der Waals surface area contributed by atoms with E-state index in [4.69, 9.17) is 0 Å². The molecule has 1 heterocycles. The quantitative estimate of drug-likeness (QED) is 0.656. The van der Waals surface area contributed by atoms with Crippen molar-refractivity contribution in [1.82, 2.24) is 10.2 Å². The van der Waals surface area contributed by atoms with E-state index < -0.39 is 35.0 Å². The Labute approximate surface area is 176 Å². The summed E-state index contributed by atoms with van der Waals surface area (Å²) in [4.78, 5) is 14.3. The average molecular weight is 444 g/mol. The normalized spacial score (nSPS) is 19.9. The fourth-order valence-corrected chi connectivity index (χ4v) is 3.89. The molecule has 0 bridgehead atoms. The van der Waals surface area contributed by atoms with Crippen LogP contribution < -0.4 is 5.32 Å². The zero-order valence-electron chi connectivity index (χ0n) is 16.9. The number of hydrogen-bond donors (Lipinski definition) is 1. The molecule has 0 radical (unpaired) electrons. The first-order chi connectivity index (χ1) is 14.4. The molecule has 1 aliphatic rings. The van der Waals surface area contributed by atoms with Crippen molar-refractivity contribution in [3.05, 3.63) is 70.3 Å². The van der Waals surface area contributed by atoms with Gasteiger partial charge in [0.2, 0.25) is 0 Å². The smallest absolute Gasteiger partial charge is 0.338 e. The molecular formula is C22H22F6N2O. The molecule has 2 aromatic carbocycles. The van der Waals surface area contributed by atoms with E-state index in [0.717, 1.165) is 11.1 Å². The number of benzene rings is 2. The lowest BCUT2D eigenvalue weighted by Crippen LogP contribution is -2.49. The molecule has 2 unspecified atom stereocenters. The van der Waals surface area contributed by atoms with Gasteiger partial charge in [0.15, 0.2) is 0 Å². The molecule has 31 heavy (non-hydrogen) atoms. The molecule has 1 amide bonds. The number of hydrogen-bond acceptors (Lipinski definition) is 2. The number of aryl methyl sites for hydroxylation is 1. The predicted octanol–water partition coefficient (Wildman–Crippen LogP) is 5.25. The fraction of sp³-hybridized carbons (Fsp3) is 0.409. The van der Waals surface area contributed by atoms with Gasteiger partial charge in [-0.2, -0.15) is 26.3 Å². The van der Waals surface area contributed by atoms with Crippen LogP contribution in [-0.4, -0.2) is 37.0 Å². The first kappa shape index (κ1) is 23.1. The van der Waals surface area contributed by atoms with Crippen LogP contribution in [0.15, 0.2) is 42.5 Å². The van der Waals surface area contributed by atoms with E-state index in [1.807, 2.05) is 31.2 Å². The number of carbonyl (C=O) groups excluding carboxylic acids is 1. The highest BCUT2D eigenvalue weighted by Gasteiger charge is 2.39. The van der Waals surface area contributed by atoms with Crippen LogP contribution in [0.1, 0.15) is 45.0 Å². The monoisotopic (exact) mass is 444 g/mol. The van der Waals surface area contributed by atoms with E-state index in [9.17, 15) is 31.1 Å². The van der Waals surface area contributed by atoms with Crippen molar-refractivity contribution in [2.45, 2.75) is 37.7 Å². The van der Waals surface area contributed by atoms with Crippen LogP contribution in [0.4, 0.5) is 26.3 Å². The Morgan fingerprint density at radius 1 is 0.968 bits per heavy atom. The second kappa shape index (κ2) is 8.53. The van der Waals surface area contributed by atoms with Gasteiger partial charge in [0.05, 0.1) is 11.1 Å². The average Bonchev–Trinajstić information content (AvgIpc) is 2.71. The second-order valence-electron chi connectivity index (χ2n) is 7.79. The number of nitrogens with zero attached hydrogens (tertiary/aromatic N) is 1. The van der Waals surface area contributed by atoms with E-state index in [1.165, 1.54) is 11.9 Å². The molecule has 0 aliphatic carbocycles. The number of carbonyl (C=O) groups is 1. The van der Waals surface area contributed by atoms with Gasteiger partial charge in [-0.15, -0.1) is 0 Å². The van der Waals surface area contributed by atoms with Crippen LogP contribution in [-0.2, 0) is 12.4 Å². The molecule has 0 spiro atoms. The topological polar surface area (TPSA) is 32.3 Å². The van der Waals surface area contributed by atoms with Gasteiger partial charge in [-0.3, -0.25) is 4.79 Å². The van der Waals surface area contributed by atoms with Gasteiger partial charge in [0.25, 0.3) is 5.91 Å². The van der Waals surface area contributed by atoms with Crippen LogP contribution >= 0.6 is 0 Å². The van der Waals surface area contributed by atoms with Crippen molar-refractivity contribution in [2.24, 2.45) is 0 Å². The summed E-state index contributed by atoms with van der Waals surface area (Å²) in [6, 6.07) is 8.30. The van der Waals surface area contributed by atoms with E-state index in [1.54, 1.807) is 0 Å². The van der Waals surface area contributed by atoms with Crippen LogP contribution in [0, 0.1) is 6.92 Å². The van der Waals surface area contributed by atoms with E-state index in [-0.39, 0.29) is 18.0 Å². The molecule has 0 aromatic heterocycles. The van der Waals surface area contributed by atoms with Crippen LogP contribution in [0.5, 0.6) is 0 Å². The summed E-state index contributed by atoms with van der Waals surface area (Å²) in [7, 11) is 1.42. The third-order valence-corrected chi connectivity index (χ3v) is 5.60. The Hall–Kier alpha value is -2.55. The summed E-state index contributed by atoms with van der Waals surface area (Å²) in [6.45, 7) is 3.06. The van der Waals surface area contributed by atoms with E-state index in [2.05, 4.69) is 5.32 Å². The van der Waals surface area contributed by atoms with Gasteiger partial charge in [-0.1, -0.05) is 29.8 Å². The molecule has 3 rings (SSSR count). The molecule has 2 atom stereocenters. The standard InChI is InChI=1S/C22H22F6N2O/c1-13-3-5-14(6-4-13)18-12-29-8-7-19(18)30(2)20(31)15-9-16(21(23,24)25)11-17(10-15)22(26,27)28/h3-6,9-11,18-19,29H,7-8,12H2,1-2H3. The summed E-state index contributed by atoms with van der Waals surface area (Å²) < 4.78 is 79.0. The SMILES string of the molecule is Cc1ccc(C2CNCCC2N(C)C(=O)c2cc(C(F)(F)F)cc(C(F)(F)F)c2)cc1. The molecule has 0 saturated carbocycles. The van der Waals surface area contributed by atoms with Crippen molar-refractivity contribution in [2.75, 3.05) is 20.1 Å². The number of piperidine rings is 1. The van der Waals surface area contributed by atoms with Crippen molar-refractivity contribution in [1.29, 1.82) is 0 Å². The lowest BCUT2D eigenvalue weighted by atomic mass is 9.85. The van der Waals surface area contributed by atoms with Crippen LogP contribution in [0.2, 0.25) is 0 Å². The Kier molecular flexibility index (Phi) is 6.36. The third kappa shape index (κ3) is 5.20. The summed E-state index contributed by atoms with van der Waals surface area (Å²) in [5.74, 6) is -1.02. The number of halogens is 6. The third-order valence-electron chi connectivity index (χ3n) is 5.60. The highest BCUT2D eigenvalue weighted by Crippen LogP contribution is 2.37.